The molecule has 0 aromatic heterocycles. The molecule has 1 saturated carbocycles. The second kappa shape index (κ2) is 7.61. The number of piperidine rings is 1. The Morgan fingerprint density at radius 2 is 1.70 bits per heavy atom. The molecule has 20 heavy (non-hydrogen) atoms. The van der Waals surface area contributed by atoms with Gasteiger partial charge in [-0.05, 0) is 44.1 Å². The first-order valence-corrected chi connectivity index (χ1v) is 8.34. The molecule has 6 atom stereocenters. The van der Waals surface area contributed by atoms with E-state index in [9.17, 15) is 15.3 Å². The van der Waals surface area contributed by atoms with Gasteiger partial charge in [0.1, 0.15) is 0 Å². The van der Waals surface area contributed by atoms with Crippen molar-refractivity contribution in [1.29, 1.82) is 0 Å². The van der Waals surface area contributed by atoms with E-state index in [1.54, 1.807) is 0 Å². The second-order valence-electron chi connectivity index (χ2n) is 6.24. The molecule has 1 saturated heterocycles. The molecule has 118 valence electrons. The number of alkyl halides is 2. The molecule has 0 amide bonds. The van der Waals surface area contributed by atoms with Crippen molar-refractivity contribution in [2.75, 3.05) is 26.3 Å². The minimum absolute atomic E-state index is 0.0793. The van der Waals surface area contributed by atoms with Crippen LogP contribution in [-0.4, -0.2) is 69.4 Å². The number of rotatable bonds is 4. The van der Waals surface area contributed by atoms with Gasteiger partial charge in [0.05, 0.1) is 23.5 Å². The summed E-state index contributed by atoms with van der Waals surface area (Å²) in [5.74, 6) is 0.403. The third-order valence-electron chi connectivity index (χ3n) is 4.82. The zero-order chi connectivity index (χ0) is 14.7. The van der Waals surface area contributed by atoms with Crippen LogP contribution >= 0.6 is 23.2 Å². The highest BCUT2D eigenvalue weighted by Gasteiger charge is 2.37. The van der Waals surface area contributed by atoms with E-state index in [1.807, 2.05) is 0 Å². The highest BCUT2D eigenvalue weighted by molar-refractivity contribution is 6.30. The number of halogens is 2. The predicted molar refractivity (Wildman–Crippen MR) is 80.3 cm³/mol. The van der Waals surface area contributed by atoms with Gasteiger partial charge in [-0.3, -0.25) is 4.90 Å². The molecule has 2 fully saturated rings. The molecule has 0 spiro atoms. The molecule has 1 aliphatic carbocycles. The maximum Gasteiger partial charge on any atom is 0.0595 e. The van der Waals surface area contributed by atoms with Gasteiger partial charge in [0.15, 0.2) is 0 Å². The fraction of sp³-hybridized carbons (Fsp3) is 1.00. The Kier molecular flexibility index (Phi) is 6.39. The average molecular weight is 326 g/mol. The minimum atomic E-state index is -0.414. The van der Waals surface area contributed by atoms with Crippen molar-refractivity contribution in [2.24, 2.45) is 11.8 Å². The van der Waals surface area contributed by atoms with Crippen molar-refractivity contribution in [3.05, 3.63) is 0 Å². The van der Waals surface area contributed by atoms with Gasteiger partial charge >= 0.3 is 0 Å². The first-order chi connectivity index (χ1) is 9.55. The maximum atomic E-state index is 10.2. The Bertz CT molecular complexity index is 308. The van der Waals surface area contributed by atoms with E-state index in [1.165, 1.54) is 0 Å². The summed E-state index contributed by atoms with van der Waals surface area (Å²) >= 11 is 12.3. The van der Waals surface area contributed by atoms with E-state index >= 15 is 0 Å². The highest BCUT2D eigenvalue weighted by atomic mass is 35.5. The summed E-state index contributed by atoms with van der Waals surface area (Å²) in [6.45, 7) is 1.89. The van der Waals surface area contributed by atoms with E-state index in [-0.39, 0.29) is 41.8 Å². The summed E-state index contributed by atoms with van der Waals surface area (Å²) < 4.78 is 0. The van der Waals surface area contributed by atoms with E-state index < -0.39 is 6.10 Å². The smallest absolute Gasteiger partial charge is 0.0595 e. The van der Waals surface area contributed by atoms with Gasteiger partial charge in [-0.2, -0.15) is 0 Å². The van der Waals surface area contributed by atoms with Crippen LogP contribution in [0, 0.1) is 11.8 Å². The van der Waals surface area contributed by atoms with Gasteiger partial charge < -0.3 is 15.3 Å². The van der Waals surface area contributed by atoms with Crippen molar-refractivity contribution in [3.8, 4) is 0 Å². The van der Waals surface area contributed by atoms with Crippen LogP contribution in [-0.2, 0) is 0 Å². The third kappa shape index (κ3) is 3.99. The maximum absolute atomic E-state index is 10.2. The zero-order valence-corrected chi connectivity index (χ0v) is 13.2. The number of hydrogen-bond acceptors (Lipinski definition) is 4. The number of likely N-dealkylation sites (tertiary alicyclic amines) is 1. The van der Waals surface area contributed by atoms with Gasteiger partial charge in [-0.15, -0.1) is 23.2 Å². The van der Waals surface area contributed by atoms with Crippen molar-refractivity contribution >= 4 is 23.2 Å². The zero-order valence-electron chi connectivity index (χ0n) is 11.7. The van der Waals surface area contributed by atoms with Crippen LogP contribution in [0.4, 0.5) is 0 Å². The fourth-order valence-corrected chi connectivity index (χ4v) is 4.06. The summed E-state index contributed by atoms with van der Waals surface area (Å²) in [5, 5.41) is 28.7. The van der Waals surface area contributed by atoms with Crippen LogP contribution < -0.4 is 0 Å². The third-order valence-corrected chi connectivity index (χ3v) is 5.91. The summed E-state index contributed by atoms with van der Waals surface area (Å²) in [6, 6.07) is 0.0793. The number of nitrogens with zero attached hydrogens (tertiary/aromatic N) is 1. The molecule has 2 rings (SSSR count). The Morgan fingerprint density at radius 3 is 2.35 bits per heavy atom. The van der Waals surface area contributed by atoms with Gasteiger partial charge in [0.25, 0.3) is 0 Å². The van der Waals surface area contributed by atoms with Crippen molar-refractivity contribution in [2.45, 2.75) is 48.6 Å². The second-order valence-corrected chi connectivity index (χ2v) is 7.36. The lowest BCUT2D eigenvalue weighted by molar-refractivity contribution is 0.000562. The van der Waals surface area contributed by atoms with E-state index in [2.05, 4.69) is 4.90 Å². The van der Waals surface area contributed by atoms with Gasteiger partial charge in [-0.1, -0.05) is 0 Å². The van der Waals surface area contributed by atoms with Crippen LogP contribution in [0.15, 0.2) is 0 Å². The lowest BCUT2D eigenvalue weighted by atomic mass is 9.84. The molecular weight excluding hydrogens is 301 g/mol. The number of aliphatic hydroxyl groups excluding tert-OH is 3. The lowest BCUT2D eigenvalue weighted by Gasteiger charge is -2.42. The predicted octanol–water partition coefficient (Wildman–Crippen LogP) is 1.04. The molecule has 0 aromatic rings. The number of hydrogen-bond donors (Lipinski definition) is 3. The Labute approximate surface area is 130 Å². The number of aliphatic hydroxyl groups is 3. The van der Waals surface area contributed by atoms with Gasteiger partial charge in [-0.25, -0.2) is 0 Å². The van der Waals surface area contributed by atoms with Crippen LogP contribution in [0.25, 0.3) is 0 Å². The monoisotopic (exact) mass is 325 g/mol. The summed E-state index contributed by atoms with van der Waals surface area (Å²) in [4.78, 5) is 2.23. The molecule has 1 aliphatic heterocycles. The molecule has 6 unspecified atom stereocenters. The average Bonchev–Trinajstić information content (AvgIpc) is 2.45. The molecule has 4 nitrogen and oxygen atoms in total. The lowest BCUT2D eigenvalue weighted by Crippen LogP contribution is -2.50. The molecule has 2 aliphatic rings. The normalized spacial score (nSPS) is 43.6. The van der Waals surface area contributed by atoms with Crippen LogP contribution in [0.1, 0.15) is 25.7 Å². The first-order valence-electron chi connectivity index (χ1n) is 7.47. The van der Waals surface area contributed by atoms with Crippen molar-refractivity contribution in [1.82, 2.24) is 4.90 Å². The molecule has 3 N–H and O–H groups in total. The van der Waals surface area contributed by atoms with E-state index in [0.717, 1.165) is 32.4 Å². The highest BCUT2D eigenvalue weighted by Crippen LogP contribution is 2.34. The molecule has 0 aromatic carbocycles. The molecule has 1 heterocycles. The standard InChI is InChI=1S/C14H25Cl2NO3/c15-12-4-10(14(20)5-13(12)16)6-17-2-1-9(7-18)3-11(17)8-19/h9-14,18-20H,1-8H2. The Balaban J connectivity index is 1.91. The van der Waals surface area contributed by atoms with Gasteiger partial charge in [0.2, 0.25) is 0 Å². The topological polar surface area (TPSA) is 63.9 Å². The van der Waals surface area contributed by atoms with Crippen LogP contribution in [0.5, 0.6) is 0 Å². The van der Waals surface area contributed by atoms with E-state index in [4.69, 9.17) is 23.2 Å². The first kappa shape index (κ1) is 16.8. The summed E-state index contributed by atoms with van der Waals surface area (Å²) in [7, 11) is 0. The molecular formula is C14H25Cl2NO3. The van der Waals surface area contributed by atoms with Crippen molar-refractivity contribution < 1.29 is 15.3 Å². The minimum Gasteiger partial charge on any atom is -0.396 e. The molecule has 0 radical (unpaired) electrons. The summed E-state index contributed by atoms with van der Waals surface area (Å²) in [5.41, 5.74) is 0. The SMILES string of the molecule is OCC1CCN(CC2CC(Cl)C(Cl)CC2O)C(CO)C1. The quantitative estimate of drug-likeness (QED) is 0.676. The van der Waals surface area contributed by atoms with Gasteiger partial charge in [0, 0.05) is 19.2 Å². The largest absolute Gasteiger partial charge is 0.396 e. The Morgan fingerprint density at radius 1 is 1.00 bits per heavy atom. The van der Waals surface area contributed by atoms with E-state index in [0.29, 0.717) is 6.42 Å². The van der Waals surface area contributed by atoms with Crippen molar-refractivity contribution in [3.63, 3.8) is 0 Å². The van der Waals surface area contributed by atoms with Crippen LogP contribution in [0.3, 0.4) is 0 Å². The Hall–Kier alpha value is 0.420. The summed E-state index contributed by atoms with van der Waals surface area (Å²) in [6.07, 6.45) is 2.60. The molecule has 0 bridgehead atoms. The fourth-order valence-electron chi connectivity index (χ4n) is 3.44. The van der Waals surface area contributed by atoms with Crippen LogP contribution in [0.2, 0.25) is 0 Å². The molecule has 6 heteroatoms.